The van der Waals surface area contributed by atoms with Crippen LogP contribution in [0.1, 0.15) is 18.1 Å². The van der Waals surface area contributed by atoms with Gasteiger partial charge in [0.1, 0.15) is 11.6 Å². The zero-order valence-corrected chi connectivity index (χ0v) is 12.1. The summed E-state index contributed by atoms with van der Waals surface area (Å²) >= 11 is 0. The molecule has 1 aromatic heterocycles. The number of nitrogens with zero attached hydrogens (tertiary/aromatic N) is 2. The molecule has 21 heavy (non-hydrogen) atoms. The molecule has 2 rings (SSSR count). The van der Waals surface area contributed by atoms with Crippen molar-refractivity contribution in [2.45, 2.75) is 19.9 Å². The number of nitro groups is 1. The lowest BCUT2D eigenvalue weighted by molar-refractivity contribution is -0.384. The monoisotopic (exact) mass is 286 g/mol. The van der Waals surface area contributed by atoms with Crippen LogP contribution in [-0.4, -0.2) is 17.0 Å². The minimum atomic E-state index is -0.423. The molecule has 110 valence electrons. The minimum absolute atomic E-state index is 0.0145. The highest BCUT2D eigenvalue weighted by Gasteiger charge is 2.10. The van der Waals surface area contributed by atoms with Crippen molar-refractivity contribution in [1.82, 2.24) is 4.98 Å². The van der Waals surface area contributed by atoms with Crippen LogP contribution < -0.4 is 10.6 Å². The third-order valence-corrected chi connectivity index (χ3v) is 3.24. The van der Waals surface area contributed by atoms with Crippen LogP contribution in [0.15, 0.2) is 36.4 Å². The molecule has 0 amide bonds. The molecule has 0 fully saturated rings. The predicted octanol–water partition coefficient (Wildman–Crippen LogP) is 3.21. The number of rotatable bonds is 6. The van der Waals surface area contributed by atoms with Crippen LogP contribution in [0, 0.1) is 10.1 Å². The number of nitrogens with one attached hydrogen (secondary N) is 2. The molecular formula is C15H18N4O2. The molecule has 1 aromatic carbocycles. The van der Waals surface area contributed by atoms with E-state index in [2.05, 4.69) is 28.6 Å². The molecule has 0 atom stereocenters. The SMILES string of the molecule is CCc1ccccc1CNc1cc([N+](=O)[O-])cc(NC)n1. The first-order valence-electron chi connectivity index (χ1n) is 6.79. The molecule has 0 aliphatic carbocycles. The summed E-state index contributed by atoms with van der Waals surface area (Å²) in [5.41, 5.74) is 2.43. The smallest absolute Gasteiger partial charge is 0.276 e. The fourth-order valence-corrected chi connectivity index (χ4v) is 2.10. The lowest BCUT2D eigenvalue weighted by atomic mass is 10.1. The van der Waals surface area contributed by atoms with Crippen molar-refractivity contribution in [3.05, 3.63) is 57.6 Å². The van der Waals surface area contributed by atoms with Gasteiger partial charge in [-0.15, -0.1) is 0 Å². The van der Waals surface area contributed by atoms with E-state index in [9.17, 15) is 10.1 Å². The highest BCUT2D eigenvalue weighted by Crippen LogP contribution is 2.21. The summed E-state index contributed by atoms with van der Waals surface area (Å²) in [5, 5.41) is 16.9. The first kappa shape index (κ1) is 14.8. The van der Waals surface area contributed by atoms with Gasteiger partial charge in [-0.25, -0.2) is 4.98 Å². The average molecular weight is 286 g/mol. The van der Waals surface area contributed by atoms with Crippen molar-refractivity contribution < 1.29 is 4.92 Å². The topological polar surface area (TPSA) is 80.1 Å². The maximum atomic E-state index is 10.9. The fourth-order valence-electron chi connectivity index (χ4n) is 2.10. The molecule has 0 aliphatic heterocycles. The van der Waals surface area contributed by atoms with Gasteiger partial charge in [0.15, 0.2) is 0 Å². The lowest BCUT2D eigenvalue weighted by Crippen LogP contribution is -2.06. The summed E-state index contributed by atoms with van der Waals surface area (Å²) < 4.78 is 0. The molecule has 6 nitrogen and oxygen atoms in total. The summed E-state index contributed by atoms with van der Waals surface area (Å²) in [6.07, 6.45) is 0.946. The molecule has 2 aromatic rings. The maximum Gasteiger partial charge on any atom is 0.276 e. The van der Waals surface area contributed by atoms with Crippen LogP contribution in [0.2, 0.25) is 0 Å². The molecule has 0 saturated carbocycles. The van der Waals surface area contributed by atoms with E-state index in [0.717, 1.165) is 6.42 Å². The Labute approximate surface area is 123 Å². The third kappa shape index (κ3) is 3.68. The number of anilines is 2. The number of aromatic nitrogens is 1. The van der Waals surface area contributed by atoms with Gasteiger partial charge >= 0.3 is 0 Å². The Bertz CT molecular complexity index is 643. The molecule has 0 aliphatic rings. The lowest BCUT2D eigenvalue weighted by Gasteiger charge is -2.10. The number of hydrogen-bond donors (Lipinski definition) is 2. The van der Waals surface area contributed by atoms with Crippen LogP contribution in [0.3, 0.4) is 0 Å². The zero-order valence-electron chi connectivity index (χ0n) is 12.1. The number of benzene rings is 1. The minimum Gasteiger partial charge on any atom is -0.373 e. The average Bonchev–Trinajstić information content (AvgIpc) is 2.52. The largest absolute Gasteiger partial charge is 0.373 e. The Kier molecular flexibility index (Phi) is 4.71. The Balaban J connectivity index is 2.19. The van der Waals surface area contributed by atoms with E-state index in [1.54, 1.807) is 7.05 Å². The molecule has 0 bridgehead atoms. The molecule has 0 unspecified atom stereocenters. The Morgan fingerprint density at radius 2 is 1.86 bits per heavy atom. The van der Waals surface area contributed by atoms with Gasteiger partial charge in [-0.05, 0) is 17.5 Å². The fraction of sp³-hybridized carbons (Fsp3) is 0.267. The molecule has 6 heteroatoms. The van der Waals surface area contributed by atoms with E-state index in [4.69, 9.17) is 0 Å². The molecule has 0 radical (unpaired) electrons. The van der Waals surface area contributed by atoms with Gasteiger partial charge in [-0.1, -0.05) is 31.2 Å². The normalized spacial score (nSPS) is 10.2. The van der Waals surface area contributed by atoms with Gasteiger partial charge in [-0.3, -0.25) is 10.1 Å². The van der Waals surface area contributed by atoms with Crippen LogP contribution >= 0.6 is 0 Å². The van der Waals surface area contributed by atoms with E-state index >= 15 is 0 Å². The summed E-state index contributed by atoms with van der Waals surface area (Å²) in [6, 6.07) is 11.0. The first-order chi connectivity index (χ1) is 10.1. The summed E-state index contributed by atoms with van der Waals surface area (Å²) in [6.45, 7) is 2.69. The van der Waals surface area contributed by atoms with Crippen molar-refractivity contribution in [2.24, 2.45) is 0 Å². The highest BCUT2D eigenvalue weighted by molar-refractivity contribution is 5.54. The van der Waals surface area contributed by atoms with Crippen LogP contribution in [0.25, 0.3) is 0 Å². The van der Waals surface area contributed by atoms with Gasteiger partial charge < -0.3 is 10.6 Å². The van der Waals surface area contributed by atoms with Crippen molar-refractivity contribution in [3.8, 4) is 0 Å². The summed E-state index contributed by atoms with van der Waals surface area (Å²) in [4.78, 5) is 14.8. The van der Waals surface area contributed by atoms with E-state index in [0.29, 0.717) is 18.2 Å². The number of aryl methyl sites for hydroxylation is 1. The third-order valence-electron chi connectivity index (χ3n) is 3.24. The Morgan fingerprint density at radius 1 is 1.19 bits per heavy atom. The van der Waals surface area contributed by atoms with Crippen LogP contribution in [0.4, 0.5) is 17.3 Å². The second-order valence-electron chi connectivity index (χ2n) is 4.58. The second kappa shape index (κ2) is 6.69. The first-order valence-corrected chi connectivity index (χ1v) is 6.79. The number of pyridine rings is 1. The maximum absolute atomic E-state index is 10.9. The van der Waals surface area contributed by atoms with Crippen molar-refractivity contribution in [3.63, 3.8) is 0 Å². The van der Waals surface area contributed by atoms with E-state index in [1.165, 1.54) is 23.3 Å². The molecule has 0 saturated heterocycles. The zero-order chi connectivity index (χ0) is 15.2. The standard InChI is InChI=1S/C15H18N4O2/c1-3-11-6-4-5-7-12(11)10-17-15-9-13(19(20)21)8-14(16-2)18-15/h4-9H,3,10H2,1-2H3,(H2,16,17,18). The van der Waals surface area contributed by atoms with Gasteiger partial charge in [-0.2, -0.15) is 0 Å². The van der Waals surface area contributed by atoms with Crippen LogP contribution in [0.5, 0.6) is 0 Å². The van der Waals surface area contributed by atoms with Crippen molar-refractivity contribution >= 4 is 17.3 Å². The van der Waals surface area contributed by atoms with Crippen molar-refractivity contribution in [2.75, 3.05) is 17.7 Å². The van der Waals surface area contributed by atoms with E-state index < -0.39 is 4.92 Å². The predicted molar refractivity (Wildman–Crippen MR) is 83.6 cm³/mol. The summed E-state index contributed by atoms with van der Waals surface area (Å²) in [7, 11) is 1.68. The Morgan fingerprint density at radius 3 is 2.48 bits per heavy atom. The van der Waals surface area contributed by atoms with Gasteiger partial charge in [0.05, 0.1) is 17.1 Å². The van der Waals surface area contributed by atoms with Gasteiger partial charge in [0.25, 0.3) is 5.69 Å². The second-order valence-corrected chi connectivity index (χ2v) is 4.58. The molecule has 0 spiro atoms. The molecular weight excluding hydrogens is 268 g/mol. The van der Waals surface area contributed by atoms with Gasteiger partial charge in [0, 0.05) is 13.6 Å². The van der Waals surface area contributed by atoms with E-state index in [1.807, 2.05) is 18.2 Å². The van der Waals surface area contributed by atoms with Crippen LogP contribution in [-0.2, 0) is 13.0 Å². The summed E-state index contributed by atoms with van der Waals surface area (Å²) in [5.74, 6) is 0.954. The number of hydrogen-bond acceptors (Lipinski definition) is 5. The van der Waals surface area contributed by atoms with Gasteiger partial charge in [0.2, 0.25) is 0 Å². The molecule has 1 heterocycles. The van der Waals surface area contributed by atoms with E-state index in [-0.39, 0.29) is 5.69 Å². The Hall–Kier alpha value is -2.63. The quantitative estimate of drug-likeness (QED) is 0.629. The highest BCUT2D eigenvalue weighted by atomic mass is 16.6. The molecule has 2 N–H and O–H groups in total. The van der Waals surface area contributed by atoms with Crippen molar-refractivity contribution in [1.29, 1.82) is 0 Å².